The summed E-state index contributed by atoms with van der Waals surface area (Å²) >= 11 is 0. The second kappa shape index (κ2) is 7.30. The number of nitrogens with two attached hydrogens (primary N) is 1. The Morgan fingerprint density at radius 2 is 1.92 bits per heavy atom. The van der Waals surface area contributed by atoms with Crippen LogP contribution in [0.2, 0.25) is 0 Å². The van der Waals surface area contributed by atoms with E-state index in [2.05, 4.69) is 10.1 Å². The molecule has 0 fully saturated rings. The number of primary amides is 1. The van der Waals surface area contributed by atoms with Crippen molar-refractivity contribution in [3.05, 3.63) is 65.5 Å². The molecule has 2 N–H and O–H groups in total. The molecular formula is C18H16F2N4O2. The molecule has 1 heterocycles. The third kappa shape index (κ3) is 3.53. The lowest BCUT2D eigenvalue weighted by molar-refractivity contribution is 0.0735. The van der Waals surface area contributed by atoms with Crippen LogP contribution < -0.4 is 5.73 Å². The van der Waals surface area contributed by atoms with E-state index in [1.807, 2.05) is 0 Å². The van der Waals surface area contributed by atoms with Crippen LogP contribution in [0, 0.1) is 0 Å². The Morgan fingerprint density at radius 3 is 2.58 bits per heavy atom. The number of para-hydroxylation sites is 2. The average Bonchev–Trinajstić information content (AvgIpc) is 3.02. The number of halogens is 2. The van der Waals surface area contributed by atoms with Gasteiger partial charge in [-0.2, -0.15) is 8.78 Å². The van der Waals surface area contributed by atoms with Crippen molar-refractivity contribution in [1.82, 2.24) is 9.55 Å². The molecule has 0 aliphatic rings. The van der Waals surface area contributed by atoms with E-state index in [1.165, 1.54) is 0 Å². The smallest absolute Gasteiger partial charge is 0.320 e. The van der Waals surface area contributed by atoms with Crippen LogP contribution >= 0.6 is 0 Å². The lowest BCUT2D eigenvalue weighted by Gasteiger charge is -2.07. The zero-order valence-electron chi connectivity index (χ0n) is 13.9. The molecule has 3 rings (SSSR count). The third-order valence-corrected chi connectivity index (χ3v) is 3.79. The molecule has 0 aliphatic carbocycles. The Kier molecular flexibility index (Phi) is 4.92. The van der Waals surface area contributed by atoms with Crippen molar-refractivity contribution >= 4 is 22.7 Å². The van der Waals surface area contributed by atoms with E-state index in [0.29, 0.717) is 16.6 Å². The van der Waals surface area contributed by atoms with Crippen molar-refractivity contribution in [3.63, 3.8) is 0 Å². The van der Waals surface area contributed by atoms with Gasteiger partial charge in [-0.05, 0) is 36.8 Å². The Labute approximate surface area is 147 Å². The first-order valence-corrected chi connectivity index (χ1v) is 7.78. The van der Waals surface area contributed by atoms with Crippen LogP contribution in [0.5, 0.6) is 0 Å². The maximum absolute atomic E-state index is 13.4. The molecule has 8 heteroatoms. The quantitative estimate of drug-likeness (QED) is 0.541. The molecule has 3 aromatic rings. The molecule has 0 bridgehead atoms. The van der Waals surface area contributed by atoms with Crippen LogP contribution in [-0.2, 0) is 11.4 Å². The molecule has 0 saturated heterocycles. The molecule has 1 amide bonds. The number of amides is 1. The largest absolute Gasteiger partial charge is 0.391 e. The number of fused-ring (bicyclic) bond motifs is 1. The number of imidazole rings is 1. The van der Waals surface area contributed by atoms with Crippen molar-refractivity contribution in [2.75, 3.05) is 0 Å². The first-order chi connectivity index (χ1) is 12.5. The fourth-order valence-corrected chi connectivity index (χ4v) is 2.51. The normalized spacial score (nSPS) is 11.9. The number of carbonyl (C=O) groups is 1. The standard InChI is InChI=1S/C18H16F2N4O2/c1-11(23-26-10-12-6-8-13(9-7-12)16(21)25)17-22-14-4-2-3-5-15(14)24(17)18(19)20/h2-9,18H,10H2,1H3,(H2,21,25). The van der Waals surface area contributed by atoms with Gasteiger partial charge in [-0.3, -0.25) is 9.36 Å². The predicted molar refractivity (Wildman–Crippen MR) is 92.9 cm³/mol. The minimum absolute atomic E-state index is 0.0466. The minimum atomic E-state index is -2.75. The lowest BCUT2D eigenvalue weighted by Crippen LogP contribution is -2.10. The van der Waals surface area contributed by atoms with Crippen LogP contribution in [-0.4, -0.2) is 21.2 Å². The van der Waals surface area contributed by atoms with E-state index in [0.717, 1.165) is 10.1 Å². The van der Waals surface area contributed by atoms with E-state index in [-0.39, 0.29) is 18.1 Å². The Bertz CT molecular complexity index is 965. The molecule has 0 radical (unpaired) electrons. The summed E-state index contributed by atoms with van der Waals surface area (Å²) in [4.78, 5) is 20.5. The number of rotatable bonds is 6. The third-order valence-electron chi connectivity index (χ3n) is 3.79. The van der Waals surface area contributed by atoms with Gasteiger partial charge in [0.1, 0.15) is 12.3 Å². The van der Waals surface area contributed by atoms with Gasteiger partial charge in [-0.15, -0.1) is 0 Å². The van der Waals surface area contributed by atoms with Gasteiger partial charge in [0.05, 0.1) is 11.0 Å². The highest BCUT2D eigenvalue weighted by molar-refractivity contribution is 5.98. The van der Waals surface area contributed by atoms with Crippen LogP contribution in [0.15, 0.2) is 53.7 Å². The van der Waals surface area contributed by atoms with Gasteiger partial charge >= 0.3 is 6.55 Å². The Balaban J connectivity index is 1.78. The van der Waals surface area contributed by atoms with Crippen LogP contribution in [0.25, 0.3) is 11.0 Å². The van der Waals surface area contributed by atoms with Gasteiger partial charge < -0.3 is 10.6 Å². The van der Waals surface area contributed by atoms with Crippen LogP contribution in [0.1, 0.15) is 35.2 Å². The van der Waals surface area contributed by atoms with Crippen molar-refractivity contribution in [2.24, 2.45) is 10.9 Å². The van der Waals surface area contributed by atoms with Gasteiger partial charge in [0.25, 0.3) is 0 Å². The van der Waals surface area contributed by atoms with Crippen molar-refractivity contribution in [3.8, 4) is 0 Å². The predicted octanol–water partition coefficient (Wildman–Crippen LogP) is 3.47. The van der Waals surface area contributed by atoms with Gasteiger partial charge in [-0.1, -0.05) is 29.4 Å². The van der Waals surface area contributed by atoms with E-state index < -0.39 is 12.5 Å². The molecule has 0 saturated carbocycles. The second-order valence-electron chi connectivity index (χ2n) is 5.58. The Hall–Kier alpha value is -3.29. The summed E-state index contributed by atoms with van der Waals surface area (Å²) in [5.41, 5.74) is 7.34. The highest BCUT2D eigenvalue weighted by atomic mass is 19.3. The minimum Gasteiger partial charge on any atom is -0.391 e. The summed E-state index contributed by atoms with van der Waals surface area (Å²) < 4.78 is 27.7. The maximum Gasteiger partial charge on any atom is 0.320 e. The van der Waals surface area contributed by atoms with Gasteiger partial charge in [0, 0.05) is 5.56 Å². The summed E-state index contributed by atoms with van der Waals surface area (Å²) in [6.07, 6.45) is 0. The van der Waals surface area contributed by atoms with E-state index in [9.17, 15) is 13.6 Å². The molecule has 0 aliphatic heterocycles. The summed E-state index contributed by atoms with van der Waals surface area (Å²) in [5.74, 6) is -0.470. The molecule has 0 atom stereocenters. The van der Waals surface area contributed by atoms with Crippen molar-refractivity contribution in [1.29, 1.82) is 0 Å². The Morgan fingerprint density at radius 1 is 1.23 bits per heavy atom. The molecule has 6 nitrogen and oxygen atoms in total. The van der Waals surface area contributed by atoms with Crippen LogP contribution in [0.4, 0.5) is 8.78 Å². The SMILES string of the molecule is CC(=NOCc1ccc(C(N)=O)cc1)c1nc2ccccc2n1C(F)F. The summed E-state index contributed by atoms with van der Waals surface area (Å²) in [5, 5.41) is 3.89. The van der Waals surface area contributed by atoms with E-state index in [1.54, 1.807) is 55.5 Å². The van der Waals surface area contributed by atoms with E-state index in [4.69, 9.17) is 10.6 Å². The number of carbonyl (C=O) groups excluding carboxylic acids is 1. The fraction of sp³-hybridized carbons (Fsp3) is 0.167. The second-order valence-corrected chi connectivity index (χ2v) is 5.58. The zero-order chi connectivity index (χ0) is 18.7. The molecule has 0 unspecified atom stereocenters. The number of hydrogen-bond acceptors (Lipinski definition) is 4. The molecular weight excluding hydrogens is 342 g/mol. The highest BCUT2D eigenvalue weighted by Crippen LogP contribution is 2.23. The monoisotopic (exact) mass is 358 g/mol. The number of oxime groups is 1. The van der Waals surface area contributed by atoms with E-state index >= 15 is 0 Å². The molecule has 2 aromatic carbocycles. The van der Waals surface area contributed by atoms with Gasteiger partial charge in [0.2, 0.25) is 5.91 Å². The maximum atomic E-state index is 13.4. The number of aromatic nitrogens is 2. The first kappa shape index (κ1) is 17.5. The van der Waals surface area contributed by atoms with Gasteiger partial charge in [-0.25, -0.2) is 4.98 Å². The van der Waals surface area contributed by atoms with Crippen LogP contribution in [0.3, 0.4) is 0 Å². The lowest BCUT2D eigenvalue weighted by atomic mass is 10.1. The summed E-state index contributed by atoms with van der Waals surface area (Å²) in [6.45, 7) is -1.08. The van der Waals surface area contributed by atoms with Gasteiger partial charge in [0.15, 0.2) is 5.82 Å². The number of nitrogens with zero attached hydrogens (tertiary/aromatic N) is 3. The summed E-state index contributed by atoms with van der Waals surface area (Å²) in [7, 11) is 0. The highest BCUT2D eigenvalue weighted by Gasteiger charge is 2.19. The van der Waals surface area contributed by atoms with Crippen molar-refractivity contribution < 1.29 is 18.4 Å². The molecule has 0 spiro atoms. The average molecular weight is 358 g/mol. The molecule has 134 valence electrons. The topological polar surface area (TPSA) is 82.5 Å². The zero-order valence-corrected chi connectivity index (χ0v) is 13.9. The number of benzene rings is 2. The fourth-order valence-electron chi connectivity index (χ4n) is 2.51. The molecule has 1 aromatic heterocycles. The van der Waals surface area contributed by atoms with Crippen molar-refractivity contribution in [2.45, 2.75) is 20.1 Å². The number of hydrogen-bond donors (Lipinski definition) is 1. The number of alkyl halides is 2. The summed E-state index contributed by atoms with van der Waals surface area (Å²) in [6, 6.07) is 13.2. The molecule has 26 heavy (non-hydrogen) atoms. The first-order valence-electron chi connectivity index (χ1n) is 7.78.